The number of rotatable bonds is 7. The van der Waals surface area contributed by atoms with E-state index in [4.69, 9.17) is 0 Å². The molecule has 38 heavy (non-hydrogen) atoms. The molecule has 8 heteroatoms. The summed E-state index contributed by atoms with van der Waals surface area (Å²) in [6.07, 6.45) is 5.95. The van der Waals surface area contributed by atoms with Crippen LogP contribution in [0.3, 0.4) is 0 Å². The Balaban J connectivity index is 0.00000164. The zero-order valence-electron chi connectivity index (χ0n) is 22.6. The van der Waals surface area contributed by atoms with Crippen LogP contribution in [0.4, 0.5) is 0 Å². The molecule has 2 aromatic carbocycles. The van der Waals surface area contributed by atoms with E-state index in [2.05, 4.69) is 70.1 Å². The van der Waals surface area contributed by atoms with Gasteiger partial charge >= 0.3 is 0 Å². The van der Waals surface area contributed by atoms with Gasteiger partial charge in [-0.3, -0.25) is 9.59 Å². The number of aldehydes is 1. The zero-order chi connectivity index (χ0) is 27.2. The number of hydrogen-bond donors (Lipinski definition) is 1. The number of carbonyl (C=O) groups is 2. The Morgan fingerprint density at radius 1 is 1.08 bits per heavy atom. The van der Waals surface area contributed by atoms with Gasteiger partial charge in [0.2, 0.25) is 5.91 Å². The Bertz CT molecular complexity index is 1450. The van der Waals surface area contributed by atoms with Crippen molar-refractivity contribution in [3.63, 3.8) is 0 Å². The fourth-order valence-corrected chi connectivity index (χ4v) is 4.82. The summed E-state index contributed by atoms with van der Waals surface area (Å²) in [5, 5.41) is 5.50. The van der Waals surface area contributed by atoms with E-state index in [0.717, 1.165) is 48.1 Å². The highest BCUT2D eigenvalue weighted by Crippen LogP contribution is 2.25. The lowest BCUT2D eigenvalue weighted by atomic mass is 9.98. The standard InChI is InChI=1S/C29H31N5O2.CH5N/c1-21-16-26(20-35)30-34(21)27-8-9-28-25(17-27)12-15-33(28)18-22-4-6-23(7-5-22)24-10-13-32(14-11-24)29(36)19-31(2)3;1-2/h4-10,12,15-17,20H,11,13-14,18-19H2,1-3H3;2H2,1H3. The molecule has 1 aliphatic rings. The van der Waals surface area contributed by atoms with Gasteiger partial charge in [-0.25, -0.2) is 4.68 Å². The van der Waals surface area contributed by atoms with Crippen molar-refractivity contribution in [2.75, 3.05) is 40.8 Å². The smallest absolute Gasteiger partial charge is 0.237 e. The predicted molar refractivity (Wildman–Crippen MR) is 153 cm³/mol. The lowest BCUT2D eigenvalue weighted by molar-refractivity contribution is -0.131. The van der Waals surface area contributed by atoms with Gasteiger partial charge in [-0.15, -0.1) is 0 Å². The SMILES string of the molecule is CN.Cc1cc(C=O)nn1-c1ccc2c(ccn2Cc2ccc(C3=CCN(C(=O)CN(C)C)CC3)cc2)c1. The molecule has 3 heterocycles. The first-order chi connectivity index (χ1) is 18.4. The number of benzene rings is 2. The molecule has 2 aromatic heterocycles. The molecule has 1 amide bonds. The zero-order valence-corrected chi connectivity index (χ0v) is 22.6. The molecule has 1 aliphatic heterocycles. The first-order valence-corrected chi connectivity index (χ1v) is 12.8. The summed E-state index contributed by atoms with van der Waals surface area (Å²) in [7, 11) is 5.34. The van der Waals surface area contributed by atoms with Crippen LogP contribution in [0.1, 0.15) is 33.7 Å². The van der Waals surface area contributed by atoms with E-state index in [1.807, 2.05) is 36.9 Å². The lowest BCUT2D eigenvalue weighted by Crippen LogP contribution is -2.40. The fraction of sp³-hybridized carbons (Fsp3) is 0.300. The molecule has 0 fully saturated rings. The number of carbonyl (C=O) groups excluding carboxylic acids is 2. The summed E-state index contributed by atoms with van der Waals surface area (Å²) in [6, 6.07) is 18.9. The molecule has 0 bridgehead atoms. The molecule has 4 aromatic rings. The van der Waals surface area contributed by atoms with E-state index >= 15 is 0 Å². The highest BCUT2D eigenvalue weighted by Gasteiger charge is 2.18. The van der Waals surface area contributed by atoms with Gasteiger partial charge in [0.25, 0.3) is 0 Å². The second kappa shape index (κ2) is 12.0. The average molecular weight is 513 g/mol. The number of hydrogen-bond acceptors (Lipinski definition) is 5. The van der Waals surface area contributed by atoms with E-state index in [-0.39, 0.29) is 5.91 Å². The van der Waals surface area contributed by atoms with Crippen molar-refractivity contribution in [2.45, 2.75) is 19.9 Å². The molecule has 0 atom stereocenters. The Morgan fingerprint density at radius 2 is 1.84 bits per heavy atom. The Kier molecular flexibility index (Phi) is 8.55. The first-order valence-electron chi connectivity index (χ1n) is 12.8. The van der Waals surface area contributed by atoms with Gasteiger partial charge in [-0.1, -0.05) is 30.3 Å². The molecule has 0 saturated heterocycles. The Labute approximate surface area is 223 Å². The average Bonchev–Trinajstić information content (AvgIpc) is 3.52. The van der Waals surface area contributed by atoms with Crippen molar-refractivity contribution in [2.24, 2.45) is 5.73 Å². The van der Waals surface area contributed by atoms with E-state index in [1.54, 1.807) is 10.7 Å². The van der Waals surface area contributed by atoms with Crippen molar-refractivity contribution < 1.29 is 9.59 Å². The summed E-state index contributed by atoms with van der Waals surface area (Å²) in [4.78, 5) is 27.2. The van der Waals surface area contributed by atoms with Crippen LogP contribution in [0.5, 0.6) is 0 Å². The maximum atomic E-state index is 12.3. The maximum Gasteiger partial charge on any atom is 0.237 e. The molecular weight excluding hydrogens is 476 g/mol. The van der Waals surface area contributed by atoms with Gasteiger partial charge in [-0.2, -0.15) is 5.10 Å². The Hall–Kier alpha value is -4.01. The van der Waals surface area contributed by atoms with Gasteiger partial charge in [0.1, 0.15) is 5.69 Å². The van der Waals surface area contributed by atoms with Gasteiger partial charge < -0.3 is 20.1 Å². The van der Waals surface area contributed by atoms with Crippen molar-refractivity contribution >= 4 is 28.7 Å². The first kappa shape index (κ1) is 27.0. The van der Waals surface area contributed by atoms with E-state index in [9.17, 15) is 9.59 Å². The third-order valence-corrected chi connectivity index (χ3v) is 6.72. The highest BCUT2D eigenvalue weighted by molar-refractivity contribution is 5.83. The number of aryl methyl sites for hydroxylation is 1. The second-order valence-electron chi connectivity index (χ2n) is 9.68. The van der Waals surface area contributed by atoms with Gasteiger partial charge in [0, 0.05) is 42.4 Å². The minimum Gasteiger partial charge on any atom is -0.343 e. The normalized spacial score (nSPS) is 13.3. The fourth-order valence-electron chi connectivity index (χ4n) is 4.82. The minimum absolute atomic E-state index is 0.183. The topological polar surface area (TPSA) is 89.4 Å². The summed E-state index contributed by atoms with van der Waals surface area (Å²) in [6.45, 7) is 4.63. The molecular formula is C30H36N6O2. The van der Waals surface area contributed by atoms with Crippen LogP contribution in [0, 0.1) is 6.92 Å². The van der Waals surface area contributed by atoms with E-state index in [0.29, 0.717) is 18.8 Å². The van der Waals surface area contributed by atoms with Crippen LogP contribution in [0.15, 0.2) is 66.9 Å². The predicted octanol–water partition coefficient (Wildman–Crippen LogP) is 3.75. The molecule has 0 unspecified atom stereocenters. The molecule has 5 rings (SSSR count). The van der Waals surface area contributed by atoms with Crippen molar-refractivity contribution in [3.05, 3.63) is 89.4 Å². The Morgan fingerprint density at radius 3 is 2.47 bits per heavy atom. The molecule has 0 saturated carbocycles. The summed E-state index contributed by atoms with van der Waals surface area (Å²) in [5.74, 6) is 0.183. The molecule has 2 N–H and O–H groups in total. The minimum atomic E-state index is 0.183. The monoisotopic (exact) mass is 512 g/mol. The number of aromatic nitrogens is 3. The largest absolute Gasteiger partial charge is 0.343 e. The van der Waals surface area contributed by atoms with Gasteiger partial charge in [-0.05, 0) is 81.5 Å². The third kappa shape index (κ3) is 5.93. The maximum absolute atomic E-state index is 12.3. The summed E-state index contributed by atoms with van der Waals surface area (Å²) >= 11 is 0. The lowest BCUT2D eigenvalue weighted by Gasteiger charge is -2.27. The van der Waals surface area contributed by atoms with Crippen LogP contribution in [-0.4, -0.2) is 77.1 Å². The van der Waals surface area contributed by atoms with Crippen LogP contribution >= 0.6 is 0 Å². The van der Waals surface area contributed by atoms with E-state index in [1.165, 1.54) is 23.7 Å². The van der Waals surface area contributed by atoms with Crippen LogP contribution in [0.2, 0.25) is 0 Å². The van der Waals surface area contributed by atoms with Gasteiger partial charge in [0.05, 0.1) is 12.2 Å². The second-order valence-corrected chi connectivity index (χ2v) is 9.68. The number of likely N-dealkylation sites (N-methyl/N-ethyl adjacent to an activating group) is 1. The molecule has 198 valence electrons. The van der Waals surface area contributed by atoms with Crippen LogP contribution < -0.4 is 5.73 Å². The van der Waals surface area contributed by atoms with Gasteiger partial charge in [0.15, 0.2) is 6.29 Å². The van der Waals surface area contributed by atoms with Crippen LogP contribution in [-0.2, 0) is 11.3 Å². The van der Waals surface area contributed by atoms with Crippen molar-refractivity contribution in [3.8, 4) is 5.69 Å². The quantitative estimate of drug-likeness (QED) is 0.381. The number of fused-ring (bicyclic) bond motifs is 1. The van der Waals surface area contributed by atoms with Crippen molar-refractivity contribution in [1.29, 1.82) is 0 Å². The molecule has 0 aliphatic carbocycles. The summed E-state index contributed by atoms with van der Waals surface area (Å²) < 4.78 is 4.05. The third-order valence-electron chi connectivity index (χ3n) is 6.72. The number of amides is 1. The number of nitrogens with zero attached hydrogens (tertiary/aromatic N) is 5. The summed E-state index contributed by atoms with van der Waals surface area (Å²) in [5.41, 5.74) is 11.7. The van der Waals surface area contributed by atoms with Crippen LogP contribution in [0.25, 0.3) is 22.2 Å². The molecule has 8 nitrogen and oxygen atoms in total. The number of nitrogens with two attached hydrogens (primary N) is 1. The van der Waals surface area contributed by atoms with E-state index < -0.39 is 0 Å². The van der Waals surface area contributed by atoms with Crippen molar-refractivity contribution in [1.82, 2.24) is 24.1 Å². The highest BCUT2D eigenvalue weighted by atomic mass is 16.2. The molecule has 0 radical (unpaired) electrons. The molecule has 0 spiro atoms.